The first kappa shape index (κ1) is 27.0. The van der Waals surface area contributed by atoms with Gasteiger partial charge in [-0.05, 0) is 91.6 Å². The lowest BCUT2D eigenvalue weighted by molar-refractivity contribution is -0.119. The van der Waals surface area contributed by atoms with E-state index >= 15 is 0 Å². The average Bonchev–Trinajstić information content (AvgIpc) is 2.81. The fourth-order valence-electron chi connectivity index (χ4n) is 3.42. The van der Waals surface area contributed by atoms with Crippen LogP contribution in [0.1, 0.15) is 37.8 Å². The molecule has 3 aromatic rings. The Morgan fingerprint density at radius 3 is 2.23 bits per heavy atom. The lowest BCUT2D eigenvalue weighted by Gasteiger charge is -2.24. The van der Waals surface area contributed by atoms with Crippen molar-refractivity contribution in [1.82, 2.24) is 0 Å². The number of hydrogen-bond acceptors (Lipinski definition) is 5. The van der Waals surface area contributed by atoms with Gasteiger partial charge in [0.05, 0.1) is 17.2 Å². The number of aryl methyl sites for hydroxylation is 1. The number of hydrogen-bond donors (Lipinski definition) is 0. The highest BCUT2D eigenvalue weighted by atomic mass is 79.9. The van der Waals surface area contributed by atoms with Gasteiger partial charge in [0.25, 0.3) is 15.9 Å². The fraction of sp³-hybridized carbons (Fsp3) is 0.269. The molecular weight excluding hydrogens is 554 g/mol. The molecule has 0 aliphatic heterocycles. The Morgan fingerprint density at radius 2 is 1.66 bits per heavy atom. The molecule has 0 heterocycles. The highest BCUT2D eigenvalue weighted by Gasteiger charge is 2.31. The zero-order valence-corrected chi connectivity index (χ0v) is 23.1. The number of rotatable bonds is 9. The summed E-state index contributed by atoms with van der Waals surface area (Å²) in [4.78, 5) is 13.3. The minimum Gasteiger partial charge on any atom is -0.494 e. The number of halogens is 2. The topological polar surface area (TPSA) is 72.9 Å². The lowest BCUT2D eigenvalue weighted by Crippen LogP contribution is -2.40. The molecule has 0 N–H and O–H groups in total. The van der Waals surface area contributed by atoms with Crippen LogP contribution in [-0.4, -0.2) is 27.5 Å². The maximum Gasteiger partial charge on any atom is 0.278 e. The zero-order valence-electron chi connectivity index (χ0n) is 19.9. The Morgan fingerprint density at radius 1 is 1.03 bits per heavy atom. The molecule has 0 unspecified atom stereocenters. The zero-order chi connectivity index (χ0) is 25.8. The molecule has 0 aliphatic rings. The molecular formula is C26H27BrClNO5S. The van der Waals surface area contributed by atoms with E-state index in [0.717, 1.165) is 19.9 Å². The molecule has 0 fully saturated rings. The first-order chi connectivity index (χ1) is 16.5. The van der Waals surface area contributed by atoms with Gasteiger partial charge in [0.1, 0.15) is 11.5 Å². The molecule has 9 heteroatoms. The largest absolute Gasteiger partial charge is 0.494 e. The molecule has 0 aliphatic carbocycles. The Kier molecular flexibility index (Phi) is 8.85. The van der Waals surface area contributed by atoms with Crippen molar-refractivity contribution in [2.24, 2.45) is 0 Å². The number of amides is 1. The van der Waals surface area contributed by atoms with Crippen LogP contribution in [0.2, 0.25) is 5.02 Å². The van der Waals surface area contributed by atoms with Crippen LogP contribution in [0.4, 0.5) is 5.69 Å². The van der Waals surface area contributed by atoms with E-state index in [0.29, 0.717) is 23.1 Å². The fourth-order valence-corrected chi connectivity index (χ4v) is 5.32. The van der Waals surface area contributed by atoms with Gasteiger partial charge in [-0.1, -0.05) is 41.4 Å². The van der Waals surface area contributed by atoms with Crippen LogP contribution in [0, 0.1) is 6.92 Å². The Labute approximate surface area is 220 Å². The molecule has 0 saturated heterocycles. The van der Waals surface area contributed by atoms with Gasteiger partial charge in [-0.2, -0.15) is 4.31 Å². The molecule has 0 saturated carbocycles. The predicted octanol–water partition coefficient (Wildman–Crippen LogP) is 6.73. The highest BCUT2D eigenvalue weighted by Crippen LogP contribution is 2.33. The summed E-state index contributed by atoms with van der Waals surface area (Å²) in [5.41, 5.74) is 2.02. The Bertz CT molecular complexity index is 1290. The van der Waals surface area contributed by atoms with Gasteiger partial charge in [0.15, 0.2) is 6.61 Å². The van der Waals surface area contributed by atoms with E-state index in [2.05, 4.69) is 15.9 Å². The van der Waals surface area contributed by atoms with Gasteiger partial charge in [-0.3, -0.25) is 4.79 Å². The van der Waals surface area contributed by atoms with E-state index in [-0.39, 0.29) is 16.5 Å². The van der Waals surface area contributed by atoms with Crippen LogP contribution in [-0.2, 0) is 14.8 Å². The number of carbonyl (C=O) groups excluding carboxylic acids is 1. The summed E-state index contributed by atoms with van der Waals surface area (Å²) >= 11 is 9.46. The minimum absolute atomic E-state index is 0.0634. The second kappa shape index (κ2) is 11.5. The predicted molar refractivity (Wildman–Crippen MR) is 142 cm³/mol. The number of benzene rings is 3. The van der Waals surface area contributed by atoms with E-state index in [1.54, 1.807) is 12.1 Å². The van der Waals surface area contributed by atoms with Gasteiger partial charge in [-0.25, -0.2) is 8.42 Å². The molecule has 3 aromatic carbocycles. The van der Waals surface area contributed by atoms with Crippen LogP contribution in [0.25, 0.3) is 0 Å². The van der Waals surface area contributed by atoms with Crippen molar-refractivity contribution in [2.45, 2.75) is 38.5 Å². The first-order valence-corrected chi connectivity index (χ1v) is 13.6. The third-order valence-corrected chi connectivity index (χ3v) is 8.09. The second-order valence-electron chi connectivity index (χ2n) is 8.13. The summed E-state index contributed by atoms with van der Waals surface area (Å²) in [5, 5.41) is 0.387. The van der Waals surface area contributed by atoms with E-state index < -0.39 is 22.5 Å². The smallest absolute Gasteiger partial charge is 0.278 e. The van der Waals surface area contributed by atoms with Gasteiger partial charge in [0, 0.05) is 9.50 Å². The quantitative estimate of drug-likeness (QED) is 0.280. The molecule has 0 spiro atoms. The summed E-state index contributed by atoms with van der Waals surface area (Å²) in [6.45, 7) is 7.79. The van der Waals surface area contributed by atoms with E-state index in [9.17, 15) is 13.2 Å². The normalized spacial score (nSPS) is 11.4. The highest BCUT2D eigenvalue weighted by molar-refractivity contribution is 9.10. The van der Waals surface area contributed by atoms with Gasteiger partial charge < -0.3 is 9.47 Å². The molecule has 0 aromatic heterocycles. The standard InChI is InChI=1S/C26H27BrClNO5S/c1-5-33-21-10-8-20(9-11-21)29(35(31,32)22-12-6-19(28)7-13-22)26(30)16-34-25-14-18(4)24(27)15-23(25)17(2)3/h6-15,17H,5,16H2,1-4H3. The van der Waals surface area contributed by atoms with Crippen molar-refractivity contribution in [3.05, 3.63) is 81.3 Å². The second-order valence-corrected chi connectivity index (χ2v) is 11.2. The van der Waals surface area contributed by atoms with Gasteiger partial charge in [-0.15, -0.1) is 0 Å². The average molecular weight is 581 g/mol. The molecule has 35 heavy (non-hydrogen) atoms. The summed E-state index contributed by atoms with van der Waals surface area (Å²) in [6, 6.07) is 15.7. The molecule has 0 radical (unpaired) electrons. The number of sulfonamides is 1. The van der Waals surface area contributed by atoms with Crippen molar-refractivity contribution in [3.8, 4) is 11.5 Å². The van der Waals surface area contributed by atoms with Crippen molar-refractivity contribution < 1.29 is 22.7 Å². The van der Waals surface area contributed by atoms with Crippen LogP contribution in [0.5, 0.6) is 11.5 Å². The van der Waals surface area contributed by atoms with Crippen molar-refractivity contribution in [1.29, 1.82) is 0 Å². The Balaban J connectivity index is 1.98. The Hall–Kier alpha value is -2.55. The monoisotopic (exact) mass is 579 g/mol. The lowest BCUT2D eigenvalue weighted by atomic mass is 10.0. The minimum atomic E-state index is -4.24. The van der Waals surface area contributed by atoms with Crippen LogP contribution in [0.15, 0.2) is 70.0 Å². The summed E-state index contributed by atoms with van der Waals surface area (Å²) in [6.07, 6.45) is 0. The van der Waals surface area contributed by atoms with Crippen LogP contribution in [0.3, 0.4) is 0 Å². The summed E-state index contributed by atoms with van der Waals surface area (Å²) in [5.74, 6) is 0.497. The summed E-state index contributed by atoms with van der Waals surface area (Å²) < 4.78 is 40.1. The van der Waals surface area contributed by atoms with E-state index in [4.69, 9.17) is 21.1 Å². The first-order valence-electron chi connectivity index (χ1n) is 11.0. The molecule has 0 bridgehead atoms. The third kappa shape index (κ3) is 6.37. The van der Waals surface area contributed by atoms with Gasteiger partial charge in [0.2, 0.25) is 0 Å². The van der Waals surface area contributed by atoms with Crippen LogP contribution < -0.4 is 13.8 Å². The number of ether oxygens (including phenoxy) is 2. The van der Waals surface area contributed by atoms with Crippen LogP contribution >= 0.6 is 27.5 Å². The molecule has 6 nitrogen and oxygen atoms in total. The summed E-state index contributed by atoms with van der Waals surface area (Å²) in [7, 11) is -4.24. The van der Waals surface area contributed by atoms with Crippen molar-refractivity contribution in [2.75, 3.05) is 17.5 Å². The van der Waals surface area contributed by atoms with E-state index in [1.165, 1.54) is 36.4 Å². The molecule has 186 valence electrons. The van der Waals surface area contributed by atoms with Gasteiger partial charge >= 0.3 is 0 Å². The van der Waals surface area contributed by atoms with Crippen molar-refractivity contribution >= 4 is 49.1 Å². The number of anilines is 1. The molecule has 0 atom stereocenters. The maximum absolute atomic E-state index is 13.6. The SMILES string of the molecule is CCOc1ccc(N(C(=O)COc2cc(C)c(Br)cc2C(C)C)S(=O)(=O)c2ccc(Cl)cc2)cc1. The molecule has 3 rings (SSSR count). The van der Waals surface area contributed by atoms with E-state index in [1.807, 2.05) is 39.8 Å². The maximum atomic E-state index is 13.6. The molecule has 1 amide bonds. The third-order valence-electron chi connectivity index (χ3n) is 5.22. The number of nitrogens with zero attached hydrogens (tertiary/aromatic N) is 1. The van der Waals surface area contributed by atoms with Crippen molar-refractivity contribution in [3.63, 3.8) is 0 Å². The number of carbonyl (C=O) groups is 1.